The third-order valence-corrected chi connectivity index (χ3v) is 1.79. The van der Waals surface area contributed by atoms with E-state index >= 15 is 0 Å². The van der Waals surface area contributed by atoms with Gasteiger partial charge >= 0.3 is 0 Å². The summed E-state index contributed by atoms with van der Waals surface area (Å²) in [4.78, 5) is 0. The van der Waals surface area contributed by atoms with E-state index in [4.69, 9.17) is 17.3 Å². The minimum atomic E-state index is 0.580. The maximum atomic E-state index is 5.74. The molecule has 1 rings (SSSR count). The molecule has 0 spiro atoms. The van der Waals surface area contributed by atoms with Crippen molar-refractivity contribution in [3.63, 3.8) is 0 Å². The molecule has 1 aliphatic rings. The first-order valence-electron chi connectivity index (χ1n) is 2.78. The molecule has 0 fully saturated rings. The van der Waals surface area contributed by atoms with Crippen molar-refractivity contribution in [1.29, 1.82) is 0 Å². The molecule has 0 unspecified atom stereocenters. The summed E-state index contributed by atoms with van der Waals surface area (Å²) < 4.78 is 0. The van der Waals surface area contributed by atoms with Crippen molar-refractivity contribution in [3.05, 3.63) is 22.5 Å². The Bertz CT molecular complexity index is 181. The fourth-order valence-electron chi connectivity index (χ4n) is 0.694. The molecular formula is C6H9ClN2. The molecule has 0 aromatic rings. The molecule has 0 atom stereocenters. The van der Waals surface area contributed by atoms with Crippen LogP contribution in [0.4, 0.5) is 0 Å². The SMILES string of the molecule is CC1=CCNC(N)=C1Cl. The van der Waals surface area contributed by atoms with Crippen molar-refractivity contribution in [3.8, 4) is 0 Å². The van der Waals surface area contributed by atoms with Crippen molar-refractivity contribution in [2.24, 2.45) is 5.73 Å². The van der Waals surface area contributed by atoms with Crippen LogP contribution in [0.15, 0.2) is 22.5 Å². The van der Waals surface area contributed by atoms with Crippen LogP contribution in [0.1, 0.15) is 6.92 Å². The Morgan fingerprint density at radius 1 is 1.78 bits per heavy atom. The zero-order valence-electron chi connectivity index (χ0n) is 5.24. The normalized spacial score (nSPS) is 19.1. The molecule has 0 saturated heterocycles. The van der Waals surface area contributed by atoms with Crippen LogP contribution < -0.4 is 11.1 Å². The van der Waals surface area contributed by atoms with Gasteiger partial charge in [0.15, 0.2) is 0 Å². The monoisotopic (exact) mass is 144 g/mol. The highest BCUT2D eigenvalue weighted by atomic mass is 35.5. The van der Waals surface area contributed by atoms with Crippen LogP contribution in [0, 0.1) is 0 Å². The van der Waals surface area contributed by atoms with Crippen molar-refractivity contribution >= 4 is 11.6 Å². The summed E-state index contributed by atoms with van der Waals surface area (Å²) in [5.74, 6) is 0.580. The highest BCUT2D eigenvalue weighted by Crippen LogP contribution is 2.17. The fourth-order valence-corrected chi connectivity index (χ4v) is 0.838. The summed E-state index contributed by atoms with van der Waals surface area (Å²) in [6.45, 7) is 2.73. The molecule has 2 nitrogen and oxygen atoms in total. The van der Waals surface area contributed by atoms with Crippen molar-refractivity contribution in [2.45, 2.75) is 6.92 Å². The molecule has 1 heterocycles. The Morgan fingerprint density at radius 2 is 2.44 bits per heavy atom. The van der Waals surface area contributed by atoms with Crippen LogP contribution in [-0.4, -0.2) is 6.54 Å². The molecule has 0 aromatic heterocycles. The molecule has 3 N–H and O–H groups in total. The number of allylic oxidation sites excluding steroid dienone is 2. The lowest BCUT2D eigenvalue weighted by atomic mass is 10.2. The van der Waals surface area contributed by atoms with Crippen LogP contribution in [0.25, 0.3) is 0 Å². The average molecular weight is 145 g/mol. The maximum absolute atomic E-state index is 5.74. The van der Waals surface area contributed by atoms with E-state index in [1.807, 2.05) is 13.0 Å². The minimum absolute atomic E-state index is 0.580. The lowest BCUT2D eigenvalue weighted by Crippen LogP contribution is -2.24. The Kier molecular flexibility index (Phi) is 1.67. The van der Waals surface area contributed by atoms with Gasteiger partial charge < -0.3 is 11.1 Å². The molecule has 0 bridgehead atoms. The highest BCUT2D eigenvalue weighted by molar-refractivity contribution is 6.32. The molecule has 0 aliphatic carbocycles. The van der Waals surface area contributed by atoms with E-state index in [9.17, 15) is 0 Å². The summed E-state index contributed by atoms with van der Waals surface area (Å²) >= 11 is 5.74. The summed E-state index contributed by atoms with van der Waals surface area (Å²) in [7, 11) is 0. The van der Waals surface area contributed by atoms with Crippen LogP contribution in [0.5, 0.6) is 0 Å². The van der Waals surface area contributed by atoms with Crippen LogP contribution >= 0.6 is 11.6 Å². The highest BCUT2D eigenvalue weighted by Gasteiger charge is 2.05. The fraction of sp³-hybridized carbons (Fsp3) is 0.333. The van der Waals surface area contributed by atoms with Gasteiger partial charge in [-0.05, 0) is 12.5 Å². The topological polar surface area (TPSA) is 38.0 Å². The van der Waals surface area contributed by atoms with Gasteiger partial charge in [-0.3, -0.25) is 0 Å². The Hall–Kier alpha value is -0.630. The van der Waals surface area contributed by atoms with Crippen LogP contribution in [0.3, 0.4) is 0 Å². The average Bonchev–Trinajstić information content (AvgIpc) is 1.83. The number of nitrogens with one attached hydrogen (secondary N) is 1. The number of nitrogens with two attached hydrogens (primary N) is 1. The van der Waals surface area contributed by atoms with Gasteiger partial charge in [0.05, 0.1) is 5.03 Å². The van der Waals surface area contributed by atoms with Gasteiger partial charge in [-0.15, -0.1) is 0 Å². The molecule has 9 heavy (non-hydrogen) atoms. The number of dihydropyridines is 1. The lowest BCUT2D eigenvalue weighted by Gasteiger charge is -2.12. The van der Waals surface area contributed by atoms with E-state index in [0.29, 0.717) is 10.9 Å². The first kappa shape index (κ1) is 6.49. The van der Waals surface area contributed by atoms with E-state index < -0.39 is 0 Å². The maximum Gasteiger partial charge on any atom is 0.116 e. The third kappa shape index (κ3) is 1.19. The zero-order valence-corrected chi connectivity index (χ0v) is 6.00. The largest absolute Gasteiger partial charge is 0.384 e. The standard InChI is InChI=1S/C6H9ClN2/c1-4-2-3-9-6(8)5(4)7/h2,9H,3,8H2,1H3. The molecule has 0 aromatic carbocycles. The molecular weight excluding hydrogens is 136 g/mol. The first-order valence-corrected chi connectivity index (χ1v) is 3.16. The lowest BCUT2D eigenvalue weighted by molar-refractivity contribution is 0.857. The second-order valence-corrected chi connectivity index (χ2v) is 2.37. The molecule has 1 aliphatic heterocycles. The van der Waals surface area contributed by atoms with Gasteiger partial charge in [0.2, 0.25) is 0 Å². The first-order chi connectivity index (χ1) is 4.22. The second kappa shape index (κ2) is 2.31. The summed E-state index contributed by atoms with van der Waals surface area (Å²) in [5, 5.41) is 3.55. The predicted octanol–water partition coefficient (Wildman–Crippen LogP) is 0.903. The Balaban J connectivity index is 2.88. The van der Waals surface area contributed by atoms with Gasteiger partial charge in [0.25, 0.3) is 0 Å². The van der Waals surface area contributed by atoms with Gasteiger partial charge in [0, 0.05) is 6.54 Å². The predicted molar refractivity (Wildman–Crippen MR) is 38.8 cm³/mol. The van der Waals surface area contributed by atoms with Crippen molar-refractivity contribution in [2.75, 3.05) is 6.54 Å². The molecule has 0 amide bonds. The van der Waals surface area contributed by atoms with E-state index in [1.165, 1.54) is 0 Å². The van der Waals surface area contributed by atoms with Gasteiger partial charge in [-0.2, -0.15) is 0 Å². The summed E-state index contributed by atoms with van der Waals surface area (Å²) in [6.07, 6.45) is 2.00. The van der Waals surface area contributed by atoms with Gasteiger partial charge in [0.1, 0.15) is 5.82 Å². The number of hydrogen-bond donors (Lipinski definition) is 2. The molecule has 3 heteroatoms. The number of rotatable bonds is 0. The Morgan fingerprint density at radius 3 is 2.89 bits per heavy atom. The van der Waals surface area contributed by atoms with E-state index in [0.717, 1.165) is 12.1 Å². The van der Waals surface area contributed by atoms with E-state index in [-0.39, 0.29) is 0 Å². The van der Waals surface area contributed by atoms with Crippen molar-refractivity contribution < 1.29 is 0 Å². The second-order valence-electron chi connectivity index (χ2n) is 2.00. The van der Waals surface area contributed by atoms with E-state index in [1.54, 1.807) is 0 Å². The Labute approximate surface area is 59.4 Å². The molecule has 50 valence electrons. The van der Waals surface area contributed by atoms with Gasteiger partial charge in [-0.1, -0.05) is 17.7 Å². The number of hydrogen-bond acceptors (Lipinski definition) is 2. The molecule has 0 saturated carbocycles. The van der Waals surface area contributed by atoms with E-state index in [2.05, 4.69) is 5.32 Å². The smallest absolute Gasteiger partial charge is 0.116 e. The van der Waals surface area contributed by atoms with Crippen LogP contribution in [-0.2, 0) is 0 Å². The number of halogens is 1. The minimum Gasteiger partial charge on any atom is -0.384 e. The zero-order chi connectivity index (χ0) is 6.85. The van der Waals surface area contributed by atoms with Crippen molar-refractivity contribution in [1.82, 2.24) is 5.32 Å². The quantitative estimate of drug-likeness (QED) is 0.530. The molecule has 0 radical (unpaired) electrons. The summed E-state index contributed by atoms with van der Waals surface area (Å²) in [6, 6.07) is 0. The summed E-state index contributed by atoms with van der Waals surface area (Å²) in [5.41, 5.74) is 6.51. The van der Waals surface area contributed by atoms with Crippen LogP contribution in [0.2, 0.25) is 0 Å². The van der Waals surface area contributed by atoms with Gasteiger partial charge in [-0.25, -0.2) is 0 Å². The third-order valence-electron chi connectivity index (χ3n) is 1.28.